The van der Waals surface area contributed by atoms with Gasteiger partial charge in [0.05, 0.1) is 6.54 Å². The standard InChI is InChI=1S/C10H14F3N3/c1-16(7-10(11,12)13)9(5-14)8-3-2-4-15-6-8/h2-4,6,9H,5,7,14H2,1H3. The van der Waals surface area contributed by atoms with E-state index >= 15 is 0 Å². The Balaban J connectivity index is 2.75. The minimum atomic E-state index is -4.22. The van der Waals surface area contributed by atoms with Crippen LogP contribution in [-0.2, 0) is 0 Å². The first-order valence-corrected chi connectivity index (χ1v) is 4.81. The van der Waals surface area contributed by atoms with Gasteiger partial charge in [0.1, 0.15) is 0 Å². The number of hydrogen-bond donors (Lipinski definition) is 1. The van der Waals surface area contributed by atoms with E-state index in [9.17, 15) is 13.2 Å². The fourth-order valence-corrected chi connectivity index (χ4v) is 1.54. The molecule has 1 heterocycles. The first kappa shape index (κ1) is 12.9. The van der Waals surface area contributed by atoms with Crippen LogP contribution in [0.2, 0.25) is 0 Å². The minimum Gasteiger partial charge on any atom is -0.329 e. The van der Waals surface area contributed by atoms with E-state index in [0.29, 0.717) is 5.56 Å². The summed E-state index contributed by atoms with van der Waals surface area (Å²) >= 11 is 0. The Morgan fingerprint density at radius 2 is 2.19 bits per heavy atom. The molecule has 0 radical (unpaired) electrons. The molecular formula is C10H14F3N3. The molecule has 0 amide bonds. The summed E-state index contributed by atoms with van der Waals surface area (Å²) in [7, 11) is 1.40. The molecule has 0 spiro atoms. The zero-order valence-corrected chi connectivity index (χ0v) is 8.91. The number of nitrogens with zero attached hydrogens (tertiary/aromatic N) is 2. The number of likely N-dealkylation sites (N-methyl/N-ethyl adjacent to an activating group) is 1. The van der Waals surface area contributed by atoms with E-state index in [4.69, 9.17) is 5.73 Å². The number of rotatable bonds is 4. The van der Waals surface area contributed by atoms with Crippen molar-refractivity contribution in [3.8, 4) is 0 Å². The Morgan fingerprint density at radius 3 is 2.62 bits per heavy atom. The summed E-state index contributed by atoms with van der Waals surface area (Å²) in [6.45, 7) is -0.859. The number of pyridine rings is 1. The third kappa shape index (κ3) is 3.79. The number of halogens is 3. The fourth-order valence-electron chi connectivity index (χ4n) is 1.54. The van der Waals surface area contributed by atoms with Crippen LogP contribution in [0.15, 0.2) is 24.5 Å². The van der Waals surface area contributed by atoms with Crippen LogP contribution in [0, 0.1) is 0 Å². The summed E-state index contributed by atoms with van der Waals surface area (Å²) in [4.78, 5) is 5.05. The second-order valence-corrected chi connectivity index (χ2v) is 3.57. The Morgan fingerprint density at radius 1 is 1.50 bits per heavy atom. The predicted octanol–water partition coefficient (Wildman–Crippen LogP) is 1.58. The summed E-state index contributed by atoms with van der Waals surface area (Å²) in [5.41, 5.74) is 6.18. The summed E-state index contributed by atoms with van der Waals surface area (Å²) < 4.78 is 36.7. The Kier molecular flexibility index (Phi) is 4.26. The highest BCUT2D eigenvalue weighted by Gasteiger charge is 2.32. The van der Waals surface area contributed by atoms with E-state index in [2.05, 4.69) is 4.98 Å². The van der Waals surface area contributed by atoms with Crippen LogP contribution in [0.1, 0.15) is 11.6 Å². The lowest BCUT2D eigenvalue weighted by molar-refractivity contribution is -0.147. The second-order valence-electron chi connectivity index (χ2n) is 3.57. The van der Waals surface area contributed by atoms with Gasteiger partial charge in [-0.2, -0.15) is 13.2 Å². The number of alkyl halides is 3. The highest BCUT2D eigenvalue weighted by Crippen LogP contribution is 2.22. The van der Waals surface area contributed by atoms with Gasteiger partial charge in [-0.05, 0) is 18.7 Å². The molecule has 0 bridgehead atoms. The third-order valence-corrected chi connectivity index (χ3v) is 2.25. The van der Waals surface area contributed by atoms with Crippen molar-refractivity contribution < 1.29 is 13.2 Å². The maximum absolute atomic E-state index is 12.2. The Bertz CT molecular complexity index is 313. The van der Waals surface area contributed by atoms with Crippen molar-refractivity contribution in [1.29, 1.82) is 0 Å². The molecule has 0 aliphatic rings. The zero-order chi connectivity index (χ0) is 12.2. The molecule has 3 nitrogen and oxygen atoms in total. The van der Waals surface area contributed by atoms with Gasteiger partial charge in [-0.1, -0.05) is 6.07 Å². The van der Waals surface area contributed by atoms with Gasteiger partial charge in [0, 0.05) is 25.0 Å². The molecule has 90 valence electrons. The van der Waals surface area contributed by atoms with Crippen LogP contribution in [0.3, 0.4) is 0 Å². The molecule has 1 aromatic heterocycles. The van der Waals surface area contributed by atoms with Crippen LogP contribution in [0.4, 0.5) is 13.2 Å². The predicted molar refractivity (Wildman–Crippen MR) is 54.7 cm³/mol. The maximum atomic E-state index is 12.2. The lowest BCUT2D eigenvalue weighted by Crippen LogP contribution is -2.37. The summed E-state index contributed by atoms with van der Waals surface area (Å²) in [6, 6.07) is 2.94. The third-order valence-electron chi connectivity index (χ3n) is 2.25. The lowest BCUT2D eigenvalue weighted by Gasteiger charge is -2.27. The topological polar surface area (TPSA) is 42.1 Å². The Hall–Kier alpha value is -1.14. The SMILES string of the molecule is CN(CC(F)(F)F)C(CN)c1cccnc1. The molecule has 0 aliphatic carbocycles. The molecule has 0 aromatic carbocycles. The van der Waals surface area contributed by atoms with Crippen LogP contribution in [0.25, 0.3) is 0 Å². The number of aromatic nitrogens is 1. The number of hydrogen-bond acceptors (Lipinski definition) is 3. The van der Waals surface area contributed by atoms with E-state index in [1.807, 2.05) is 0 Å². The average molecular weight is 233 g/mol. The monoisotopic (exact) mass is 233 g/mol. The zero-order valence-electron chi connectivity index (χ0n) is 8.91. The van der Waals surface area contributed by atoms with Gasteiger partial charge in [-0.15, -0.1) is 0 Å². The van der Waals surface area contributed by atoms with Crippen LogP contribution >= 0.6 is 0 Å². The van der Waals surface area contributed by atoms with Gasteiger partial charge in [0.25, 0.3) is 0 Å². The van der Waals surface area contributed by atoms with Crippen molar-refractivity contribution in [2.75, 3.05) is 20.1 Å². The van der Waals surface area contributed by atoms with Gasteiger partial charge in [-0.3, -0.25) is 9.88 Å². The van der Waals surface area contributed by atoms with Gasteiger partial charge in [0.15, 0.2) is 0 Å². The van der Waals surface area contributed by atoms with Crippen LogP contribution in [-0.4, -0.2) is 36.2 Å². The highest BCUT2D eigenvalue weighted by molar-refractivity contribution is 5.14. The van der Waals surface area contributed by atoms with Crippen molar-refractivity contribution in [1.82, 2.24) is 9.88 Å². The van der Waals surface area contributed by atoms with Crippen LogP contribution < -0.4 is 5.73 Å². The largest absolute Gasteiger partial charge is 0.401 e. The minimum absolute atomic E-state index is 0.123. The van der Waals surface area contributed by atoms with Gasteiger partial charge in [0.2, 0.25) is 0 Å². The average Bonchev–Trinajstić information content (AvgIpc) is 2.17. The first-order chi connectivity index (χ1) is 7.44. The molecule has 1 atom stereocenters. The van der Waals surface area contributed by atoms with Gasteiger partial charge in [-0.25, -0.2) is 0 Å². The van der Waals surface area contributed by atoms with E-state index in [1.165, 1.54) is 18.1 Å². The molecule has 0 saturated heterocycles. The summed E-state index contributed by atoms with van der Waals surface area (Å²) in [5, 5.41) is 0. The maximum Gasteiger partial charge on any atom is 0.401 e. The van der Waals surface area contributed by atoms with Gasteiger partial charge < -0.3 is 5.73 Å². The smallest absolute Gasteiger partial charge is 0.329 e. The molecule has 1 rings (SSSR count). The molecule has 2 N–H and O–H groups in total. The molecule has 0 saturated carbocycles. The normalized spacial score (nSPS) is 14.1. The van der Waals surface area contributed by atoms with E-state index in [0.717, 1.165) is 0 Å². The lowest BCUT2D eigenvalue weighted by atomic mass is 10.1. The Labute approximate surface area is 92.1 Å². The van der Waals surface area contributed by atoms with Crippen molar-refractivity contribution in [2.24, 2.45) is 5.73 Å². The second kappa shape index (κ2) is 5.27. The number of nitrogens with two attached hydrogens (primary N) is 1. The van der Waals surface area contributed by atoms with Crippen molar-refractivity contribution >= 4 is 0 Å². The molecular weight excluding hydrogens is 219 g/mol. The molecule has 6 heteroatoms. The van der Waals surface area contributed by atoms with E-state index < -0.39 is 18.8 Å². The van der Waals surface area contributed by atoms with E-state index in [-0.39, 0.29) is 6.54 Å². The highest BCUT2D eigenvalue weighted by atomic mass is 19.4. The fraction of sp³-hybridized carbons (Fsp3) is 0.500. The molecule has 0 fully saturated rings. The van der Waals surface area contributed by atoms with Crippen LogP contribution in [0.5, 0.6) is 0 Å². The molecule has 16 heavy (non-hydrogen) atoms. The first-order valence-electron chi connectivity index (χ1n) is 4.81. The van der Waals surface area contributed by atoms with Gasteiger partial charge >= 0.3 is 6.18 Å². The van der Waals surface area contributed by atoms with Crippen molar-refractivity contribution in [3.05, 3.63) is 30.1 Å². The quantitative estimate of drug-likeness (QED) is 0.858. The van der Waals surface area contributed by atoms with Crippen molar-refractivity contribution in [3.63, 3.8) is 0 Å². The summed E-state index contributed by atoms with van der Waals surface area (Å²) in [5.74, 6) is 0. The summed E-state index contributed by atoms with van der Waals surface area (Å²) in [6.07, 6.45) is -1.12. The van der Waals surface area contributed by atoms with E-state index in [1.54, 1.807) is 18.3 Å². The molecule has 0 aliphatic heterocycles. The van der Waals surface area contributed by atoms with Crippen molar-refractivity contribution in [2.45, 2.75) is 12.2 Å². The molecule has 1 unspecified atom stereocenters. The molecule has 1 aromatic rings.